The van der Waals surface area contributed by atoms with Crippen molar-refractivity contribution in [2.75, 3.05) is 0 Å². The molecule has 1 saturated carbocycles. The fourth-order valence-corrected chi connectivity index (χ4v) is 5.26. The van der Waals surface area contributed by atoms with E-state index in [1.165, 1.54) is 24.6 Å². The molecular formula is C23H23F2N3. The Morgan fingerprint density at radius 1 is 1.11 bits per heavy atom. The highest BCUT2D eigenvalue weighted by molar-refractivity contribution is 5.71. The molecule has 5 heteroatoms. The molecule has 0 unspecified atom stereocenters. The monoisotopic (exact) mass is 379 g/mol. The maximum Gasteiger partial charge on any atom is 0.141 e. The zero-order valence-corrected chi connectivity index (χ0v) is 15.7. The Hall–Kier alpha value is -2.29. The third-order valence-electron chi connectivity index (χ3n) is 6.70. The molecule has 28 heavy (non-hydrogen) atoms. The van der Waals surface area contributed by atoms with Crippen LogP contribution in [0.1, 0.15) is 54.7 Å². The van der Waals surface area contributed by atoms with Crippen molar-refractivity contribution in [3.8, 4) is 17.2 Å². The van der Waals surface area contributed by atoms with Gasteiger partial charge in [0.2, 0.25) is 0 Å². The van der Waals surface area contributed by atoms with E-state index in [1.807, 2.05) is 6.07 Å². The summed E-state index contributed by atoms with van der Waals surface area (Å²) in [5.41, 5.74) is 9.85. The summed E-state index contributed by atoms with van der Waals surface area (Å²) < 4.78 is 28.8. The summed E-state index contributed by atoms with van der Waals surface area (Å²) in [7, 11) is 0. The molecule has 2 aliphatic heterocycles. The van der Waals surface area contributed by atoms with Gasteiger partial charge in [-0.25, -0.2) is 8.78 Å². The maximum atomic E-state index is 14.6. The van der Waals surface area contributed by atoms with Gasteiger partial charge in [-0.2, -0.15) is 5.26 Å². The smallest absolute Gasteiger partial charge is 0.141 e. The normalized spacial score (nSPS) is 26.6. The Kier molecular flexibility index (Phi) is 4.22. The van der Waals surface area contributed by atoms with Crippen LogP contribution in [0.4, 0.5) is 8.78 Å². The van der Waals surface area contributed by atoms with Crippen molar-refractivity contribution in [1.29, 1.82) is 5.26 Å². The lowest BCUT2D eigenvalue weighted by Gasteiger charge is -2.25. The second-order valence-electron chi connectivity index (χ2n) is 8.48. The summed E-state index contributed by atoms with van der Waals surface area (Å²) in [6.07, 6.45) is 5.47. The molecule has 1 aliphatic carbocycles. The fourth-order valence-electron chi connectivity index (χ4n) is 5.26. The van der Waals surface area contributed by atoms with Crippen LogP contribution in [0.2, 0.25) is 0 Å². The Labute approximate surface area is 163 Å². The van der Waals surface area contributed by atoms with E-state index in [9.17, 15) is 8.78 Å². The van der Waals surface area contributed by atoms with Gasteiger partial charge in [-0.05, 0) is 84.5 Å². The molecule has 3 atom stereocenters. The van der Waals surface area contributed by atoms with E-state index in [4.69, 9.17) is 11.0 Å². The van der Waals surface area contributed by atoms with Gasteiger partial charge in [0.1, 0.15) is 17.7 Å². The van der Waals surface area contributed by atoms with Gasteiger partial charge in [0.25, 0.3) is 0 Å². The summed E-state index contributed by atoms with van der Waals surface area (Å²) in [6.45, 7) is 0.707. The van der Waals surface area contributed by atoms with Crippen LogP contribution in [-0.4, -0.2) is 23.0 Å². The van der Waals surface area contributed by atoms with Crippen molar-refractivity contribution in [3.05, 3.63) is 58.7 Å². The van der Waals surface area contributed by atoms with Crippen molar-refractivity contribution >= 4 is 0 Å². The van der Waals surface area contributed by atoms with Crippen LogP contribution in [0.5, 0.6) is 0 Å². The average Bonchev–Trinajstić information content (AvgIpc) is 3.38. The third kappa shape index (κ3) is 2.92. The predicted molar refractivity (Wildman–Crippen MR) is 103 cm³/mol. The summed E-state index contributed by atoms with van der Waals surface area (Å²) in [5, 5.41) is 8.99. The summed E-state index contributed by atoms with van der Waals surface area (Å²) in [4.78, 5) is 2.45. The number of nitrogens with zero attached hydrogens (tertiary/aromatic N) is 2. The minimum Gasteiger partial charge on any atom is -0.326 e. The topological polar surface area (TPSA) is 53.0 Å². The average molecular weight is 379 g/mol. The first-order valence-electron chi connectivity index (χ1n) is 10.1. The van der Waals surface area contributed by atoms with Crippen molar-refractivity contribution in [1.82, 2.24) is 4.90 Å². The van der Waals surface area contributed by atoms with Gasteiger partial charge in [0.15, 0.2) is 0 Å². The Morgan fingerprint density at radius 2 is 1.93 bits per heavy atom. The molecule has 3 fully saturated rings. The number of rotatable bonds is 4. The second-order valence-corrected chi connectivity index (χ2v) is 8.48. The van der Waals surface area contributed by atoms with E-state index in [2.05, 4.69) is 4.90 Å². The predicted octanol–water partition coefficient (Wildman–Crippen LogP) is 4.44. The molecule has 0 spiro atoms. The molecule has 2 saturated heterocycles. The van der Waals surface area contributed by atoms with Crippen LogP contribution < -0.4 is 5.73 Å². The van der Waals surface area contributed by atoms with E-state index in [0.29, 0.717) is 30.1 Å². The van der Waals surface area contributed by atoms with Gasteiger partial charge in [0.05, 0.1) is 5.56 Å². The molecule has 0 amide bonds. The second kappa shape index (κ2) is 6.65. The van der Waals surface area contributed by atoms with Crippen molar-refractivity contribution in [3.63, 3.8) is 0 Å². The molecule has 2 bridgehead atoms. The molecule has 2 heterocycles. The fraction of sp³-hybridized carbons (Fsp3) is 0.435. The number of hydrogen-bond acceptors (Lipinski definition) is 3. The number of benzene rings is 2. The Bertz CT molecular complexity index is 977. The number of fused-ring (bicyclic) bond motifs is 2. The first kappa shape index (κ1) is 17.8. The molecule has 144 valence electrons. The van der Waals surface area contributed by atoms with Crippen LogP contribution >= 0.6 is 0 Å². The molecule has 0 radical (unpaired) electrons. The molecule has 3 nitrogen and oxygen atoms in total. The van der Waals surface area contributed by atoms with Gasteiger partial charge >= 0.3 is 0 Å². The first-order chi connectivity index (χ1) is 13.5. The highest BCUT2D eigenvalue weighted by atomic mass is 19.1. The number of nitrogens with two attached hydrogens (primary N) is 1. The van der Waals surface area contributed by atoms with E-state index in [1.54, 1.807) is 12.1 Å². The van der Waals surface area contributed by atoms with Crippen LogP contribution in [0.25, 0.3) is 11.1 Å². The first-order valence-corrected chi connectivity index (χ1v) is 10.1. The number of halogens is 2. The molecular weight excluding hydrogens is 356 g/mol. The molecule has 2 aromatic carbocycles. The minimum atomic E-state index is -0.559. The highest BCUT2D eigenvalue weighted by Gasteiger charge is 2.44. The number of hydrogen-bond donors (Lipinski definition) is 1. The lowest BCUT2D eigenvalue weighted by atomic mass is 9.91. The molecule has 0 aromatic heterocycles. The highest BCUT2D eigenvalue weighted by Crippen LogP contribution is 2.48. The number of nitriles is 1. The molecule has 5 rings (SSSR count). The van der Waals surface area contributed by atoms with Gasteiger partial charge in [0, 0.05) is 24.7 Å². The van der Waals surface area contributed by atoms with Gasteiger partial charge in [-0.1, -0.05) is 6.07 Å². The van der Waals surface area contributed by atoms with Gasteiger partial charge in [-0.3, -0.25) is 4.90 Å². The molecule has 2 aromatic rings. The van der Waals surface area contributed by atoms with Crippen molar-refractivity contribution < 1.29 is 8.78 Å². The lowest BCUT2D eigenvalue weighted by Crippen LogP contribution is -2.36. The quantitative estimate of drug-likeness (QED) is 0.854. The SMILES string of the molecule is N#Cc1ccc(-c2cc(F)cc(CN3[C@H]4CC[C@@H]3[C@H](N)C4)c2C2CC2)cc1F. The summed E-state index contributed by atoms with van der Waals surface area (Å²) in [5.74, 6) is -0.454. The minimum absolute atomic E-state index is 0.0102. The van der Waals surface area contributed by atoms with Crippen molar-refractivity contribution in [2.24, 2.45) is 5.73 Å². The van der Waals surface area contributed by atoms with Crippen LogP contribution in [-0.2, 0) is 6.54 Å². The van der Waals surface area contributed by atoms with Gasteiger partial charge < -0.3 is 5.73 Å². The summed E-state index contributed by atoms with van der Waals surface area (Å²) in [6, 6.07) is 10.7. The third-order valence-corrected chi connectivity index (χ3v) is 6.70. The molecule has 2 N–H and O–H groups in total. The zero-order valence-electron chi connectivity index (χ0n) is 15.7. The van der Waals surface area contributed by atoms with Crippen LogP contribution in [0, 0.1) is 23.0 Å². The zero-order chi connectivity index (χ0) is 19.4. The molecule has 3 aliphatic rings. The maximum absolute atomic E-state index is 14.6. The van der Waals surface area contributed by atoms with Crippen molar-refractivity contribution in [2.45, 2.75) is 62.7 Å². The van der Waals surface area contributed by atoms with E-state index >= 15 is 0 Å². The van der Waals surface area contributed by atoms with E-state index in [0.717, 1.165) is 42.4 Å². The summed E-state index contributed by atoms with van der Waals surface area (Å²) >= 11 is 0. The largest absolute Gasteiger partial charge is 0.326 e. The van der Waals surface area contributed by atoms with Crippen LogP contribution in [0.15, 0.2) is 30.3 Å². The Morgan fingerprint density at radius 3 is 2.54 bits per heavy atom. The Balaban J connectivity index is 1.57. The van der Waals surface area contributed by atoms with Gasteiger partial charge in [-0.15, -0.1) is 0 Å². The standard InChI is InChI=1S/C23H23F2N3/c24-17-7-16(12-28-18-5-6-22(28)21(27)10-18)23(13-1-2-13)19(9-17)14-3-4-15(11-26)20(25)8-14/h3-4,7-9,13,18,21-22H,1-2,5-6,10,12,27H2/t18-,21+,22+/m0/s1. The lowest BCUT2D eigenvalue weighted by molar-refractivity contribution is 0.238. The van der Waals surface area contributed by atoms with E-state index in [-0.39, 0.29) is 17.4 Å². The van der Waals surface area contributed by atoms with E-state index < -0.39 is 5.82 Å². The van der Waals surface area contributed by atoms with Crippen LogP contribution in [0.3, 0.4) is 0 Å².